The Bertz CT molecular complexity index is 2740. The lowest BCUT2D eigenvalue weighted by Crippen LogP contribution is -2.52. The summed E-state index contributed by atoms with van der Waals surface area (Å²) in [5.41, 5.74) is 19.4. The summed E-state index contributed by atoms with van der Waals surface area (Å²) in [6.07, 6.45) is 1.76. The third kappa shape index (κ3) is 14.1. The Kier molecular flexibility index (Phi) is 19.6. The number of aryl methyl sites for hydroxylation is 4. The van der Waals surface area contributed by atoms with Crippen molar-refractivity contribution in [1.29, 1.82) is 0 Å². The number of carbonyl (C=O) groups excluding carboxylic acids is 6. The number of rotatable bonds is 14. The van der Waals surface area contributed by atoms with Crippen LogP contribution in [-0.2, 0) is 28.9 Å². The third-order valence-electron chi connectivity index (χ3n) is 15.7. The number of piperidine rings is 2. The molecule has 20 nitrogen and oxygen atoms in total. The van der Waals surface area contributed by atoms with Gasteiger partial charge in [0.2, 0.25) is 11.8 Å². The lowest BCUT2D eigenvalue weighted by molar-refractivity contribution is -0.215. The van der Waals surface area contributed by atoms with Crippen LogP contribution in [0.4, 0.5) is 22.7 Å². The minimum atomic E-state index is -1.59. The smallest absolute Gasteiger partial charge is 0.444 e. The van der Waals surface area contributed by atoms with Crippen molar-refractivity contribution in [3.05, 3.63) is 104 Å². The van der Waals surface area contributed by atoms with Crippen LogP contribution in [-0.4, -0.2) is 183 Å². The molecule has 4 aliphatic heterocycles. The fourth-order valence-corrected chi connectivity index (χ4v) is 11.5. The lowest BCUT2D eigenvalue weighted by Gasteiger charge is -2.39. The fourth-order valence-electron chi connectivity index (χ4n) is 11.2. The van der Waals surface area contributed by atoms with E-state index in [0.717, 1.165) is 36.3 Å². The first-order chi connectivity index (χ1) is 38.3. The molecule has 4 aliphatic rings. The van der Waals surface area contributed by atoms with E-state index in [2.05, 4.69) is 83.7 Å². The quantitative estimate of drug-likeness (QED) is 0.0803. The molecule has 22 heteroatoms. The number of halogens is 2. The number of piperazine rings is 2. The van der Waals surface area contributed by atoms with Crippen LogP contribution < -0.4 is 30.7 Å². The average molecular weight is 1140 g/mol. The van der Waals surface area contributed by atoms with Gasteiger partial charge < -0.3 is 60.0 Å². The third-order valence-corrected chi connectivity index (χ3v) is 16.4. The van der Waals surface area contributed by atoms with E-state index in [1.54, 1.807) is 0 Å². The second-order valence-electron chi connectivity index (χ2n) is 21.1. The number of nitrogens with zero attached hydrogens (tertiary/aromatic N) is 8. The molecule has 0 aliphatic carbocycles. The Hall–Kier alpha value is -7.00. The first kappa shape index (κ1) is 59.1. The molecular weight excluding hydrogens is 1070 g/mol. The Labute approximate surface area is 478 Å². The highest BCUT2D eigenvalue weighted by atomic mass is 35.5. The normalized spacial score (nSPS) is 16.8. The molecule has 430 valence electrons. The number of likely N-dealkylation sites (tertiary alicyclic amines) is 2. The van der Waals surface area contributed by atoms with Gasteiger partial charge in [-0.3, -0.25) is 19.2 Å². The van der Waals surface area contributed by atoms with Gasteiger partial charge in [-0.15, -0.1) is 0 Å². The number of hydroxylamine groups is 4. The summed E-state index contributed by atoms with van der Waals surface area (Å²) in [5, 5.41) is 1.73. The van der Waals surface area contributed by atoms with E-state index in [0.29, 0.717) is 104 Å². The van der Waals surface area contributed by atoms with Gasteiger partial charge in [0.15, 0.2) is 0 Å². The Morgan fingerprint density at radius 2 is 0.863 bits per heavy atom. The van der Waals surface area contributed by atoms with Crippen LogP contribution in [0, 0.1) is 27.7 Å². The number of anilines is 4. The van der Waals surface area contributed by atoms with Gasteiger partial charge in [-0.1, -0.05) is 58.6 Å². The molecule has 0 saturated carbocycles. The molecule has 80 heavy (non-hydrogen) atoms. The molecule has 0 unspecified atom stereocenters. The van der Waals surface area contributed by atoms with Gasteiger partial charge in [0.1, 0.15) is 11.5 Å². The van der Waals surface area contributed by atoms with Crippen molar-refractivity contribution in [2.45, 2.75) is 78.3 Å². The highest BCUT2D eigenvalue weighted by molar-refractivity contribution is 6.34. The van der Waals surface area contributed by atoms with Crippen LogP contribution in [0.25, 0.3) is 0 Å². The molecular formula is C58H74Cl2N10O10. The number of ether oxygens (including phenoxy) is 2. The fraction of sp³-hybridized carbons (Fsp3) is 0.483. The van der Waals surface area contributed by atoms with Gasteiger partial charge >= 0.3 is 11.9 Å². The van der Waals surface area contributed by atoms with Crippen LogP contribution in [0.1, 0.15) is 81.5 Å². The maximum Gasteiger partial charge on any atom is 0.444 e. The minimum absolute atomic E-state index is 0.0405. The van der Waals surface area contributed by atoms with Crippen molar-refractivity contribution in [2.24, 2.45) is 0 Å². The summed E-state index contributed by atoms with van der Waals surface area (Å²) in [6.45, 7) is 16.4. The van der Waals surface area contributed by atoms with E-state index >= 15 is 0 Å². The zero-order chi connectivity index (χ0) is 57.4. The molecule has 4 heterocycles. The molecule has 0 bridgehead atoms. The van der Waals surface area contributed by atoms with Crippen molar-refractivity contribution < 1.29 is 47.9 Å². The van der Waals surface area contributed by atoms with Crippen LogP contribution in [0.2, 0.25) is 10.0 Å². The molecule has 0 radical (unpaired) electrons. The van der Waals surface area contributed by atoms with Crippen LogP contribution >= 0.6 is 23.2 Å². The van der Waals surface area contributed by atoms with Gasteiger partial charge in [-0.25, -0.2) is 9.59 Å². The summed E-state index contributed by atoms with van der Waals surface area (Å²) >= 11 is 12.8. The number of carbonyl (C=O) groups is 6. The zero-order valence-corrected chi connectivity index (χ0v) is 48.2. The average Bonchev–Trinajstić information content (AvgIpc) is 3.48. The molecule has 4 amide bonds. The summed E-state index contributed by atoms with van der Waals surface area (Å²) in [6, 6.07) is 16.6. The summed E-state index contributed by atoms with van der Waals surface area (Å²) in [5.74, 6) is -4.67. The van der Waals surface area contributed by atoms with Gasteiger partial charge in [0.25, 0.3) is 11.8 Å². The second kappa shape index (κ2) is 26.5. The topological polar surface area (TPSA) is 217 Å². The van der Waals surface area contributed by atoms with Gasteiger partial charge in [0.05, 0.1) is 58.9 Å². The van der Waals surface area contributed by atoms with Crippen molar-refractivity contribution in [3.8, 4) is 11.5 Å². The van der Waals surface area contributed by atoms with Crippen LogP contribution in [0.3, 0.4) is 0 Å². The SMILES string of the molecule is COc1cc(N)c(Cl)cc1C(=O)N(OC(=O)C(=O)ON(C(=O)c1cc(Cl)c(N)cc1OC)C1CCN(CCC(=O)N2CCN(c3ccc(C)cc3C)CC2)CC1)C1CCN(CCC(=O)N2CCN(c3ccc(C)cc3C)CC2)CC1. The second-order valence-corrected chi connectivity index (χ2v) is 21.9. The lowest BCUT2D eigenvalue weighted by atomic mass is 10.0. The monoisotopic (exact) mass is 1140 g/mol. The van der Waals surface area contributed by atoms with E-state index < -0.39 is 35.8 Å². The number of benzene rings is 4. The molecule has 8 rings (SSSR count). The number of nitrogens with two attached hydrogens (primary N) is 2. The van der Waals surface area contributed by atoms with E-state index in [9.17, 15) is 28.8 Å². The van der Waals surface area contributed by atoms with Crippen LogP contribution in [0.5, 0.6) is 11.5 Å². The number of methoxy groups -OCH3 is 2. The largest absolute Gasteiger partial charge is 0.496 e. The highest BCUT2D eigenvalue weighted by Crippen LogP contribution is 2.34. The number of amides is 4. The predicted molar refractivity (Wildman–Crippen MR) is 307 cm³/mol. The van der Waals surface area contributed by atoms with E-state index in [4.69, 9.17) is 53.8 Å². The Balaban J connectivity index is 0.909. The van der Waals surface area contributed by atoms with Gasteiger partial charge in [-0.05, 0) is 88.8 Å². The van der Waals surface area contributed by atoms with Crippen LogP contribution in [0.15, 0.2) is 60.7 Å². The van der Waals surface area contributed by atoms with E-state index in [-0.39, 0.29) is 55.9 Å². The minimum Gasteiger partial charge on any atom is -0.496 e. The number of hydrogen-bond donors (Lipinski definition) is 2. The van der Waals surface area contributed by atoms with Crippen molar-refractivity contribution in [3.63, 3.8) is 0 Å². The predicted octanol–water partition coefficient (Wildman–Crippen LogP) is 6.32. The standard InChI is InChI=1S/C58H74Cl2N10O10/c1-37-7-9-49(39(3)31-37)65-23-27-67(28-24-65)53(71)15-21-63-17-11-41(12-18-63)69(55(73)43-33-45(59)47(61)35-51(43)77-5)79-57(75)58(76)80-70(56(74)44-34-46(60)48(62)36-52(44)78-6)42-13-19-64(20-14-42)22-16-54(72)68-29-25-66(26-30-68)50-10-8-38(2)32-40(50)4/h7-10,31-36,41-42H,11-30,61-62H2,1-6H3. The van der Waals surface area contributed by atoms with Gasteiger partial charge in [0, 0.05) is 128 Å². The maximum absolute atomic E-state index is 14.6. The molecule has 0 atom stereocenters. The van der Waals surface area contributed by atoms with Crippen molar-refractivity contribution in [1.82, 2.24) is 29.7 Å². The Morgan fingerprint density at radius 3 is 1.19 bits per heavy atom. The first-order valence-electron chi connectivity index (χ1n) is 27.3. The summed E-state index contributed by atoms with van der Waals surface area (Å²) in [7, 11) is 2.68. The maximum atomic E-state index is 14.6. The molecule has 4 N–H and O–H groups in total. The number of hydrogen-bond acceptors (Lipinski definition) is 16. The first-order valence-corrected chi connectivity index (χ1v) is 28.1. The number of nitrogen functional groups attached to an aromatic ring is 2. The summed E-state index contributed by atoms with van der Waals surface area (Å²) < 4.78 is 11.0. The highest BCUT2D eigenvalue weighted by Gasteiger charge is 2.40. The molecule has 0 aromatic heterocycles. The van der Waals surface area contributed by atoms with Gasteiger partial charge in [-0.2, -0.15) is 10.1 Å². The summed E-state index contributed by atoms with van der Waals surface area (Å²) in [4.78, 5) is 108. The Morgan fingerprint density at radius 1 is 0.512 bits per heavy atom. The molecule has 4 aromatic carbocycles. The van der Waals surface area contributed by atoms with Crippen molar-refractivity contribution >= 4 is 81.5 Å². The zero-order valence-electron chi connectivity index (χ0n) is 46.6. The molecule has 4 aromatic rings. The molecule has 0 spiro atoms. The van der Waals surface area contributed by atoms with E-state index in [1.165, 1.54) is 72.1 Å². The molecule has 4 saturated heterocycles. The van der Waals surface area contributed by atoms with E-state index in [1.807, 2.05) is 9.80 Å². The van der Waals surface area contributed by atoms with Crippen molar-refractivity contribution in [2.75, 3.05) is 127 Å². The molecule has 4 fully saturated rings.